The number of nitrogens with two attached hydrogens (primary N) is 3. The Morgan fingerprint density at radius 3 is 2.61 bits per heavy atom. The van der Waals surface area contributed by atoms with Gasteiger partial charge < -0.3 is 17.2 Å². The van der Waals surface area contributed by atoms with Crippen molar-refractivity contribution in [1.82, 2.24) is 0 Å². The largest absolute Gasteiger partial charge is 0.402 e. The van der Waals surface area contributed by atoms with Crippen molar-refractivity contribution < 1.29 is 4.39 Å². The predicted octanol–water partition coefficient (Wildman–Crippen LogP) is 1.78. The molecular weight excluding hydrogens is 231 g/mol. The van der Waals surface area contributed by atoms with Crippen LogP contribution in [0.25, 0.3) is 5.57 Å². The normalized spacial score (nSPS) is 13.8. The second-order valence-corrected chi connectivity index (χ2v) is 3.79. The molecule has 0 amide bonds. The van der Waals surface area contributed by atoms with E-state index in [1.807, 2.05) is 0 Å². The molecule has 0 aliphatic rings. The molecule has 0 bridgehead atoms. The molecule has 96 valence electrons. The molecule has 0 fully saturated rings. The fraction of sp³-hybridized carbons (Fsp3) is 0.154. The Labute approximate surface area is 106 Å². The van der Waals surface area contributed by atoms with Gasteiger partial charge in [0.2, 0.25) is 0 Å². The van der Waals surface area contributed by atoms with Gasteiger partial charge in [-0.15, -0.1) is 0 Å². The van der Waals surface area contributed by atoms with Crippen LogP contribution in [0.2, 0.25) is 0 Å². The Kier molecular flexibility index (Phi) is 4.48. The number of nitrogens with zero attached hydrogens (tertiary/aromatic N) is 1. The number of hydrogen-bond acceptors (Lipinski definition) is 3. The lowest BCUT2D eigenvalue weighted by Crippen LogP contribution is -2.15. The first-order chi connectivity index (χ1) is 8.49. The maximum Gasteiger partial charge on any atom is 0.138 e. The van der Waals surface area contributed by atoms with Crippen LogP contribution >= 0.6 is 0 Å². The topological polar surface area (TPSA) is 90.4 Å². The Bertz CT molecular complexity index is 530. The molecule has 0 saturated carbocycles. The third kappa shape index (κ3) is 3.10. The average molecular weight is 248 g/mol. The highest BCUT2D eigenvalue weighted by atomic mass is 19.1. The fourth-order valence-corrected chi connectivity index (χ4v) is 1.48. The van der Waals surface area contributed by atoms with E-state index >= 15 is 0 Å². The van der Waals surface area contributed by atoms with Gasteiger partial charge >= 0.3 is 0 Å². The maximum atomic E-state index is 13.1. The quantitative estimate of drug-likeness (QED) is 0.329. The van der Waals surface area contributed by atoms with Crippen LogP contribution in [0.1, 0.15) is 18.1 Å². The van der Waals surface area contributed by atoms with Crippen LogP contribution in [0.3, 0.4) is 0 Å². The van der Waals surface area contributed by atoms with Crippen molar-refractivity contribution in [2.75, 3.05) is 12.8 Å². The van der Waals surface area contributed by atoms with Crippen LogP contribution in [-0.4, -0.2) is 12.9 Å². The van der Waals surface area contributed by atoms with Crippen LogP contribution in [0.15, 0.2) is 41.3 Å². The van der Waals surface area contributed by atoms with Crippen molar-refractivity contribution in [2.45, 2.75) is 6.92 Å². The summed E-state index contributed by atoms with van der Waals surface area (Å²) in [6.07, 6.45) is 2.25. The van der Waals surface area contributed by atoms with E-state index in [9.17, 15) is 4.39 Å². The standard InChI is InChI=1S/C13H17FN4/c1-8(5-10(14)7-15)9-3-4-12(16)11(6-9)13(17)18-2/h3-7H,15-16H2,1-2H3,(H2,17,18)/b8-5+,10-7+. The lowest BCUT2D eigenvalue weighted by atomic mass is 10.0. The summed E-state index contributed by atoms with van der Waals surface area (Å²) in [5.41, 5.74) is 19.3. The first-order valence-corrected chi connectivity index (χ1v) is 5.37. The fourth-order valence-electron chi connectivity index (χ4n) is 1.48. The Hall–Kier alpha value is -2.30. The van der Waals surface area contributed by atoms with Crippen molar-refractivity contribution in [3.8, 4) is 0 Å². The molecule has 18 heavy (non-hydrogen) atoms. The van der Waals surface area contributed by atoms with E-state index in [1.54, 1.807) is 32.2 Å². The summed E-state index contributed by atoms with van der Waals surface area (Å²) < 4.78 is 13.1. The Balaban J connectivity index is 3.25. The van der Waals surface area contributed by atoms with Gasteiger partial charge in [-0.05, 0) is 36.3 Å². The number of halogens is 1. The van der Waals surface area contributed by atoms with E-state index in [0.29, 0.717) is 17.1 Å². The van der Waals surface area contributed by atoms with Crippen LogP contribution in [0, 0.1) is 0 Å². The number of nitrogen functional groups attached to an aromatic ring is 1. The van der Waals surface area contributed by atoms with Gasteiger partial charge in [-0.2, -0.15) is 0 Å². The number of rotatable bonds is 3. The molecule has 0 unspecified atom stereocenters. The molecule has 1 aromatic carbocycles. The minimum absolute atomic E-state index is 0.344. The molecule has 1 aromatic rings. The maximum absolute atomic E-state index is 13.1. The summed E-state index contributed by atoms with van der Waals surface area (Å²) in [5.74, 6) is -0.153. The molecular formula is C13H17FN4. The molecule has 4 nitrogen and oxygen atoms in total. The average Bonchev–Trinajstić information content (AvgIpc) is 2.38. The molecule has 0 spiro atoms. The van der Waals surface area contributed by atoms with Gasteiger partial charge in [-0.1, -0.05) is 6.07 Å². The van der Waals surface area contributed by atoms with Crippen molar-refractivity contribution in [3.63, 3.8) is 0 Å². The zero-order chi connectivity index (χ0) is 13.7. The van der Waals surface area contributed by atoms with Crippen molar-refractivity contribution in [1.29, 1.82) is 0 Å². The molecule has 1 rings (SSSR count). The molecule has 0 aliphatic carbocycles. The molecule has 0 atom stereocenters. The summed E-state index contributed by atoms with van der Waals surface area (Å²) >= 11 is 0. The van der Waals surface area contributed by atoms with Crippen LogP contribution in [-0.2, 0) is 0 Å². The third-order valence-electron chi connectivity index (χ3n) is 2.54. The van der Waals surface area contributed by atoms with Gasteiger partial charge in [-0.25, -0.2) is 4.39 Å². The number of anilines is 1. The zero-order valence-electron chi connectivity index (χ0n) is 10.4. The Morgan fingerprint density at radius 2 is 2.06 bits per heavy atom. The van der Waals surface area contributed by atoms with E-state index in [2.05, 4.69) is 4.99 Å². The SMILES string of the molecule is C/N=C(/N)c1cc(/C(C)=C/C(F)=C\N)ccc1N. The third-order valence-corrected chi connectivity index (χ3v) is 2.54. The van der Waals surface area contributed by atoms with Gasteiger partial charge in [-0.3, -0.25) is 4.99 Å². The monoisotopic (exact) mass is 248 g/mol. The van der Waals surface area contributed by atoms with Crippen molar-refractivity contribution in [3.05, 3.63) is 47.4 Å². The van der Waals surface area contributed by atoms with E-state index in [1.165, 1.54) is 6.08 Å². The number of allylic oxidation sites excluding steroid dienone is 3. The van der Waals surface area contributed by atoms with Gasteiger partial charge in [0, 0.05) is 24.5 Å². The van der Waals surface area contributed by atoms with Crippen LogP contribution in [0.5, 0.6) is 0 Å². The van der Waals surface area contributed by atoms with Crippen LogP contribution < -0.4 is 17.2 Å². The van der Waals surface area contributed by atoms with Gasteiger partial charge in [0.25, 0.3) is 0 Å². The van der Waals surface area contributed by atoms with Gasteiger partial charge in [0.15, 0.2) is 0 Å². The van der Waals surface area contributed by atoms with E-state index in [-0.39, 0.29) is 0 Å². The summed E-state index contributed by atoms with van der Waals surface area (Å²) in [4.78, 5) is 3.89. The first kappa shape index (κ1) is 13.8. The molecule has 0 aromatic heterocycles. The molecule has 0 aliphatic heterocycles. The Morgan fingerprint density at radius 1 is 1.39 bits per heavy atom. The number of amidine groups is 1. The highest BCUT2D eigenvalue weighted by Crippen LogP contribution is 2.21. The molecule has 0 radical (unpaired) electrons. The highest BCUT2D eigenvalue weighted by molar-refractivity contribution is 6.02. The number of aliphatic imine (C=N–C) groups is 1. The van der Waals surface area contributed by atoms with Crippen LogP contribution in [0.4, 0.5) is 10.1 Å². The van der Waals surface area contributed by atoms with E-state index < -0.39 is 5.83 Å². The molecule has 6 N–H and O–H groups in total. The number of hydrogen-bond donors (Lipinski definition) is 3. The van der Waals surface area contributed by atoms with Crippen molar-refractivity contribution >= 4 is 17.1 Å². The molecule has 0 heterocycles. The van der Waals surface area contributed by atoms with Gasteiger partial charge in [0.1, 0.15) is 11.7 Å². The lowest BCUT2D eigenvalue weighted by Gasteiger charge is -2.08. The molecule has 5 heteroatoms. The predicted molar refractivity (Wildman–Crippen MR) is 74.5 cm³/mol. The van der Waals surface area contributed by atoms with Gasteiger partial charge in [0.05, 0.1) is 0 Å². The summed E-state index contributed by atoms with van der Waals surface area (Å²) in [6, 6.07) is 5.27. The highest BCUT2D eigenvalue weighted by Gasteiger charge is 2.06. The summed E-state index contributed by atoms with van der Waals surface area (Å²) in [7, 11) is 1.58. The second kappa shape index (κ2) is 5.86. The van der Waals surface area contributed by atoms with E-state index in [0.717, 1.165) is 17.3 Å². The number of benzene rings is 1. The van der Waals surface area contributed by atoms with Crippen molar-refractivity contribution in [2.24, 2.45) is 16.5 Å². The lowest BCUT2D eigenvalue weighted by molar-refractivity contribution is 0.664. The van der Waals surface area contributed by atoms with E-state index in [4.69, 9.17) is 17.2 Å². The second-order valence-electron chi connectivity index (χ2n) is 3.79. The first-order valence-electron chi connectivity index (χ1n) is 5.37. The molecule has 0 saturated heterocycles. The summed E-state index contributed by atoms with van der Waals surface area (Å²) in [5, 5.41) is 0. The smallest absolute Gasteiger partial charge is 0.138 e. The zero-order valence-corrected chi connectivity index (χ0v) is 10.4. The minimum atomic E-state index is -0.497. The minimum Gasteiger partial charge on any atom is -0.402 e. The summed E-state index contributed by atoms with van der Waals surface area (Å²) in [6.45, 7) is 1.78.